The van der Waals surface area contributed by atoms with Crippen LogP contribution in [0.15, 0.2) is 0 Å². The summed E-state index contributed by atoms with van der Waals surface area (Å²) in [5, 5.41) is 16.8. The van der Waals surface area contributed by atoms with Crippen molar-refractivity contribution in [1.29, 1.82) is 0 Å². The van der Waals surface area contributed by atoms with Gasteiger partial charge < -0.3 is 15.1 Å². The second kappa shape index (κ2) is 4.25. The van der Waals surface area contributed by atoms with Crippen molar-refractivity contribution in [2.75, 3.05) is 6.61 Å². The van der Waals surface area contributed by atoms with Crippen molar-refractivity contribution >= 4 is 5.97 Å². The molecule has 1 atom stereocenters. The fourth-order valence-electron chi connectivity index (χ4n) is 0.319. The third kappa shape index (κ3) is 3.02. The summed E-state index contributed by atoms with van der Waals surface area (Å²) in [6.45, 7) is -0.268. The maximum absolute atomic E-state index is 10.2. The first-order valence-electron chi connectivity index (χ1n) is 2.42. The van der Waals surface area contributed by atoms with Crippen LogP contribution in [0.1, 0.15) is 6.42 Å². The highest BCUT2D eigenvalue weighted by molar-refractivity contribution is 5.73. The molecule has 0 aromatic heterocycles. The number of aliphatic hydroxyl groups is 2. The quantitative estimate of drug-likeness (QED) is 0.395. The highest BCUT2D eigenvalue weighted by atomic mass is 16.7. The highest BCUT2D eigenvalue weighted by Crippen LogP contribution is 1.90. The third-order valence-electron chi connectivity index (χ3n) is 0.791. The SMILES string of the molecule is NOC(=O)C(O)CCO. The lowest BCUT2D eigenvalue weighted by molar-refractivity contribution is -0.154. The van der Waals surface area contributed by atoms with E-state index in [1.54, 1.807) is 0 Å². The molecular formula is C4H9NO4. The summed E-state index contributed by atoms with van der Waals surface area (Å²) < 4.78 is 0. The second-order valence-electron chi connectivity index (χ2n) is 1.46. The Kier molecular flexibility index (Phi) is 3.94. The zero-order valence-electron chi connectivity index (χ0n) is 4.78. The number of rotatable bonds is 3. The van der Waals surface area contributed by atoms with Gasteiger partial charge in [-0.05, 0) is 0 Å². The van der Waals surface area contributed by atoms with Gasteiger partial charge in [0.05, 0.1) is 0 Å². The van der Waals surface area contributed by atoms with Gasteiger partial charge in [0.25, 0.3) is 0 Å². The Morgan fingerprint density at radius 1 is 1.78 bits per heavy atom. The molecule has 9 heavy (non-hydrogen) atoms. The zero-order chi connectivity index (χ0) is 7.28. The summed E-state index contributed by atoms with van der Waals surface area (Å²) in [5.74, 6) is 3.49. The molecule has 4 N–H and O–H groups in total. The number of nitrogens with two attached hydrogens (primary N) is 1. The van der Waals surface area contributed by atoms with Crippen LogP contribution < -0.4 is 5.90 Å². The zero-order valence-corrected chi connectivity index (χ0v) is 4.78. The van der Waals surface area contributed by atoms with Crippen LogP contribution in [0.25, 0.3) is 0 Å². The van der Waals surface area contributed by atoms with E-state index in [0.717, 1.165) is 0 Å². The maximum Gasteiger partial charge on any atom is 0.353 e. The normalized spacial score (nSPS) is 12.8. The van der Waals surface area contributed by atoms with E-state index in [2.05, 4.69) is 10.7 Å². The van der Waals surface area contributed by atoms with Gasteiger partial charge in [-0.15, -0.1) is 0 Å². The topological polar surface area (TPSA) is 92.8 Å². The Bertz CT molecular complexity index is 94.6. The molecule has 5 heteroatoms. The molecule has 0 bridgehead atoms. The Balaban J connectivity index is 3.45. The minimum atomic E-state index is -1.31. The Labute approximate surface area is 52.0 Å². The first kappa shape index (κ1) is 8.35. The van der Waals surface area contributed by atoms with Gasteiger partial charge in [0.15, 0.2) is 6.10 Å². The van der Waals surface area contributed by atoms with E-state index in [1.165, 1.54) is 0 Å². The Morgan fingerprint density at radius 2 is 2.33 bits per heavy atom. The van der Waals surface area contributed by atoms with Crippen LogP contribution in [0, 0.1) is 0 Å². The molecule has 5 nitrogen and oxygen atoms in total. The van der Waals surface area contributed by atoms with Crippen molar-refractivity contribution in [2.24, 2.45) is 5.90 Å². The summed E-state index contributed by atoms with van der Waals surface area (Å²) in [6, 6.07) is 0. The van der Waals surface area contributed by atoms with Gasteiger partial charge in [0.2, 0.25) is 0 Å². The van der Waals surface area contributed by atoms with Crippen LogP contribution in [-0.4, -0.2) is 28.9 Å². The van der Waals surface area contributed by atoms with Crippen LogP contribution in [0.2, 0.25) is 0 Å². The lowest BCUT2D eigenvalue weighted by Crippen LogP contribution is -2.26. The van der Waals surface area contributed by atoms with Gasteiger partial charge in [-0.2, -0.15) is 5.90 Å². The largest absolute Gasteiger partial charge is 0.396 e. The van der Waals surface area contributed by atoms with Crippen LogP contribution in [0.4, 0.5) is 0 Å². The monoisotopic (exact) mass is 135 g/mol. The molecule has 0 aliphatic carbocycles. The summed E-state index contributed by atoms with van der Waals surface area (Å²) in [6.07, 6.45) is -1.35. The first-order chi connectivity index (χ1) is 4.22. The maximum atomic E-state index is 10.2. The molecule has 0 radical (unpaired) electrons. The predicted molar refractivity (Wildman–Crippen MR) is 28.0 cm³/mol. The van der Waals surface area contributed by atoms with Crippen molar-refractivity contribution in [3.63, 3.8) is 0 Å². The van der Waals surface area contributed by atoms with E-state index >= 15 is 0 Å². The standard InChI is InChI=1S/C4H9NO4/c5-9-4(8)3(7)1-2-6/h3,6-7H,1-2,5H2. The first-order valence-corrected chi connectivity index (χ1v) is 2.42. The minimum absolute atomic E-state index is 0.0456. The molecule has 0 fully saturated rings. The average molecular weight is 135 g/mol. The second-order valence-corrected chi connectivity index (χ2v) is 1.46. The van der Waals surface area contributed by atoms with E-state index in [4.69, 9.17) is 10.2 Å². The van der Waals surface area contributed by atoms with E-state index in [0.29, 0.717) is 0 Å². The molecule has 0 saturated carbocycles. The Hall–Kier alpha value is -0.650. The molecule has 0 aromatic carbocycles. The Morgan fingerprint density at radius 3 is 2.67 bits per heavy atom. The van der Waals surface area contributed by atoms with E-state index in [1.807, 2.05) is 0 Å². The molecule has 0 amide bonds. The van der Waals surface area contributed by atoms with Gasteiger partial charge in [0.1, 0.15) is 0 Å². The molecule has 0 rings (SSSR count). The van der Waals surface area contributed by atoms with Crippen LogP contribution in [-0.2, 0) is 9.63 Å². The van der Waals surface area contributed by atoms with Crippen molar-refractivity contribution in [2.45, 2.75) is 12.5 Å². The van der Waals surface area contributed by atoms with Crippen molar-refractivity contribution in [3.8, 4) is 0 Å². The molecule has 0 aliphatic rings. The number of aliphatic hydroxyl groups excluding tert-OH is 2. The molecule has 0 saturated heterocycles. The fraction of sp³-hybridized carbons (Fsp3) is 0.750. The van der Waals surface area contributed by atoms with E-state index in [9.17, 15) is 4.79 Å². The van der Waals surface area contributed by atoms with Gasteiger partial charge in [-0.25, -0.2) is 4.79 Å². The lowest BCUT2D eigenvalue weighted by atomic mass is 10.3. The summed E-state index contributed by atoms with van der Waals surface area (Å²) in [4.78, 5) is 13.9. The summed E-state index contributed by atoms with van der Waals surface area (Å²) >= 11 is 0. The summed E-state index contributed by atoms with van der Waals surface area (Å²) in [7, 11) is 0. The smallest absolute Gasteiger partial charge is 0.353 e. The van der Waals surface area contributed by atoms with E-state index in [-0.39, 0.29) is 13.0 Å². The highest BCUT2D eigenvalue weighted by Gasteiger charge is 2.13. The van der Waals surface area contributed by atoms with Gasteiger partial charge in [-0.3, -0.25) is 0 Å². The third-order valence-corrected chi connectivity index (χ3v) is 0.791. The van der Waals surface area contributed by atoms with Crippen molar-refractivity contribution in [3.05, 3.63) is 0 Å². The number of carbonyl (C=O) groups is 1. The van der Waals surface area contributed by atoms with Crippen LogP contribution >= 0.6 is 0 Å². The molecule has 0 aliphatic heterocycles. The van der Waals surface area contributed by atoms with Gasteiger partial charge in [0, 0.05) is 13.0 Å². The molecule has 54 valence electrons. The molecule has 0 spiro atoms. The van der Waals surface area contributed by atoms with Gasteiger partial charge in [-0.1, -0.05) is 0 Å². The van der Waals surface area contributed by atoms with Crippen molar-refractivity contribution in [1.82, 2.24) is 0 Å². The predicted octanol–water partition coefficient (Wildman–Crippen LogP) is -1.85. The number of hydrogen-bond acceptors (Lipinski definition) is 5. The van der Waals surface area contributed by atoms with Gasteiger partial charge >= 0.3 is 5.97 Å². The van der Waals surface area contributed by atoms with Crippen LogP contribution in [0.3, 0.4) is 0 Å². The molecule has 0 aromatic rings. The summed E-state index contributed by atoms with van der Waals surface area (Å²) in [5.41, 5.74) is 0. The minimum Gasteiger partial charge on any atom is -0.396 e. The molecule has 1 unspecified atom stereocenters. The lowest BCUT2D eigenvalue weighted by Gasteiger charge is -2.03. The average Bonchev–Trinajstić information content (AvgIpc) is 1.87. The molecule has 0 heterocycles. The van der Waals surface area contributed by atoms with Crippen LogP contribution in [0.5, 0.6) is 0 Å². The van der Waals surface area contributed by atoms with E-state index < -0.39 is 12.1 Å². The van der Waals surface area contributed by atoms with Crippen molar-refractivity contribution < 1.29 is 19.8 Å². The fourth-order valence-corrected chi connectivity index (χ4v) is 0.319. The number of hydrogen-bond donors (Lipinski definition) is 3. The number of carbonyl (C=O) groups excluding carboxylic acids is 1. The molecular weight excluding hydrogens is 126 g/mol.